The monoisotopic (exact) mass is 345 g/mol. The zero-order valence-electron chi connectivity index (χ0n) is 13.0. The Morgan fingerprint density at radius 1 is 1.43 bits per heavy atom. The number of aromatic nitrogens is 1. The smallest absolute Gasteiger partial charge is 0.360 e. The van der Waals surface area contributed by atoms with E-state index in [9.17, 15) is 18.4 Å². The quantitative estimate of drug-likeness (QED) is 0.614. The third-order valence-electron chi connectivity index (χ3n) is 2.34. The van der Waals surface area contributed by atoms with Gasteiger partial charge in [0, 0.05) is 0 Å². The van der Waals surface area contributed by atoms with E-state index >= 15 is 0 Å². The second kappa shape index (κ2) is 8.43. The fourth-order valence-corrected chi connectivity index (χ4v) is 2.56. The van der Waals surface area contributed by atoms with Gasteiger partial charge in [0.15, 0.2) is 5.69 Å². The van der Waals surface area contributed by atoms with Crippen LogP contribution < -0.4 is 10.6 Å². The minimum Gasteiger partial charge on any atom is -0.461 e. The number of hydrogen-bond acceptors (Lipinski definition) is 5. The Hall–Kier alpha value is -2.21. The summed E-state index contributed by atoms with van der Waals surface area (Å²) in [5.41, 5.74) is -0.187. The number of esters is 1. The van der Waals surface area contributed by atoms with E-state index in [4.69, 9.17) is 4.74 Å². The number of amides is 2. The summed E-state index contributed by atoms with van der Waals surface area (Å²) < 4.78 is 31.0. The Morgan fingerprint density at radius 3 is 2.70 bits per heavy atom. The van der Waals surface area contributed by atoms with Gasteiger partial charge in [-0.15, -0.1) is 17.3 Å². The molecule has 0 unspecified atom stereocenters. The molecule has 1 rings (SSSR count). The van der Waals surface area contributed by atoms with Crippen molar-refractivity contribution in [3.05, 3.63) is 10.7 Å². The Kier molecular flexibility index (Phi) is 6.90. The van der Waals surface area contributed by atoms with Crippen LogP contribution in [0.5, 0.6) is 0 Å². The summed E-state index contributed by atoms with van der Waals surface area (Å²) in [6, 6.07) is -0.614. The van der Waals surface area contributed by atoms with Crippen LogP contribution in [0, 0.1) is 11.8 Å². The fraction of sp³-hybridized carbons (Fsp3) is 0.500. The molecule has 126 valence electrons. The minimum absolute atomic E-state index is 0.0317. The van der Waals surface area contributed by atoms with Crippen LogP contribution in [0.1, 0.15) is 36.3 Å². The lowest BCUT2D eigenvalue weighted by Crippen LogP contribution is -2.29. The van der Waals surface area contributed by atoms with Crippen molar-refractivity contribution in [2.24, 2.45) is 0 Å². The molecular formula is C14H17F2N3O3S. The van der Waals surface area contributed by atoms with Gasteiger partial charge in [0.25, 0.3) is 5.92 Å². The highest BCUT2D eigenvalue weighted by atomic mass is 32.1. The zero-order chi connectivity index (χ0) is 17.5. The van der Waals surface area contributed by atoms with Gasteiger partial charge in [-0.1, -0.05) is 5.92 Å². The van der Waals surface area contributed by atoms with E-state index in [2.05, 4.69) is 27.5 Å². The summed E-state index contributed by atoms with van der Waals surface area (Å²) in [5, 5.41) is 4.94. The van der Waals surface area contributed by atoms with Crippen LogP contribution in [0.3, 0.4) is 0 Å². The number of alkyl halides is 2. The molecule has 6 nitrogen and oxygen atoms in total. The molecule has 0 aromatic carbocycles. The average Bonchev–Trinajstić information content (AvgIpc) is 2.79. The standard InChI is InChI=1S/C14H17F2N3O3S/c1-4-6-7-17-13(21)19-11-10(12(20)22-5-2)18-9(23-11)8-14(3,15)16/h5,7-8H2,1-3H3,(H2,17,19,21). The van der Waals surface area contributed by atoms with Crippen LogP contribution in [0.2, 0.25) is 0 Å². The van der Waals surface area contributed by atoms with Gasteiger partial charge in [0.1, 0.15) is 10.0 Å². The van der Waals surface area contributed by atoms with Crippen LogP contribution >= 0.6 is 11.3 Å². The number of urea groups is 1. The lowest BCUT2D eigenvalue weighted by Gasteiger charge is -2.06. The molecule has 0 fully saturated rings. The highest BCUT2D eigenvalue weighted by Crippen LogP contribution is 2.29. The molecule has 23 heavy (non-hydrogen) atoms. The molecule has 1 heterocycles. The summed E-state index contributed by atoms with van der Waals surface area (Å²) in [6.07, 6.45) is -0.630. The molecule has 0 saturated heterocycles. The maximum absolute atomic E-state index is 13.1. The Balaban J connectivity index is 2.94. The summed E-state index contributed by atoms with van der Waals surface area (Å²) >= 11 is 0.808. The van der Waals surface area contributed by atoms with Crippen molar-refractivity contribution in [3.63, 3.8) is 0 Å². The van der Waals surface area contributed by atoms with Crippen LogP contribution in [0.4, 0.5) is 18.6 Å². The van der Waals surface area contributed by atoms with Crippen molar-refractivity contribution in [2.45, 2.75) is 33.1 Å². The van der Waals surface area contributed by atoms with Gasteiger partial charge in [-0.3, -0.25) is 5.32 Å². The highest BCUT2D eigenvalue weighted by molar-refractivity contribution is 7.16. The molecule has 0 bridgehead atoms. The molecule has 2 amide bonds. The minimum atomic E-state index is -2.97. The van der Waals surface area contributed by atoms with Crippen molar-refractivity contribution in [2.75, 3.05) is 18.5 Å². The first kappa shape index (κ1) is 18.8. The van der Waals surface area contributed by atoms with E-state index in [1.54, 1.807) is 13.8 Å². The lowest BCUT2D eigenvalue weighted by molar-refractivity contribution is 0.0223. The summed E-state index contributed by atoms with van der Waals surface area (Å²) in [6.45, 7) is 4.21. The van der Waals surface area contributed by atoms with E-state index in [1.165, 1.54) is 0 Å². The van der Waals surface area contributed by atoms with Gasteiger partial charge in [-0.2, -0.15) is 0 Å². The van der Waals surface area contributed by atoms with E-state index in [1.807, 2.05) is 0 Å². The average molecular weight is 345 g/mol. The van der Waals surface area contributed by atoms with E-state index in [-0.39, 0.29) is 28.9 Å². The fourth-order valence-electron chi connectivity index (χ4n) is 1.49. The maximum Gasteiger partial charge on any atom is 0.360 e. The van der Waals surface area contributed by atoms with Crippen molar-refractivity contribution < 1.29 is 23.1 Å². The first-order chi connectivity index (χ1) is 10.8. The van der Waals surface area contributed by atoms with Gasteiger partial charge >= 0.3 is 12.0 Å². The summed E-state index contributed by atoms with van der Waals surface area (Å²) in [4.78, 5) is 27.4. The second-order valence-corrected chi connectivity index (χ2v) is 5.57. The third-order valence-corrected chi connectivity index (χ3v) is 3.31. The SMILES string of the molecule is CC#CCNC(=O)Nc1sc(CC(C)(F)F)nc1C(=O)OCC. The molecule has 0 aliphatic heterocycles. The summed E-state index contributed by atoms with van der Waals surface area (Å²) in [7, 11) is 0. The van der Waals surface area contributed by atoms with Gasteiger partial charge in [0.2, 0.25) is 0 Å². The lowest BCUT2D eigenvalue weighted by atomic mass is 10.3. The number of carbonyl (C=O) groups excluding carboxylic acids is 2. The molecule has 0 aliphatic rings. The summed E-state index contributed by atoms with van der Waals surface area (Å²) in [5.74, 6) is 1.49. The Labute approximate surface area is 136 Å². The molecular weight excluding hydrogens is 328 g/mol. The number of carbonyl (C=O) groups is 2. The zero-order valence-corrected chi connectivity index (χ0v) is 13.8. The van der Waals surface area contributed by atoms with E-state index in [0.29, 0.717) is 0 Å². The van der Waals surface area contributed by atoms with Gasteiger partial charge in [0.05, 0.1) is 19.6 Å². The molecule has 0 radical (unpaired) electrons. The molecule has 9 heteroatoms. The molecule has 0 aliphatic carbocycles. The van der Waals surface area contributed by atoms with Gasteiger partial charge < -0.3 is 10.1 Å². The predicted octanol–water partition coefficient (Wildman–Crippen LogP) is 2.66. The third kappa shape index (κ3) is 6.61. The highest BCUT2D eigenvalue weighted by Gasteiger charge is 2.27. The van der Waals surface area contributed by atoms with E-state index in [0.717, 1.165) is 18.3 Å². The largest absolute Gasteiger partial charge is 0.461 e. The number of nitrogens with one attached hydrogen (secondary N) is 2. The van der Waals surface area contributed by atoms with E-state index < -0.39 is 24.3 Å². The number of anilines is 1. The van der Waals surface area contributed by atoms with Crippen molar-refractivity contribution in [3.8, 4) is 11.8 Å². The molecule has 0 spiro atoms. The molecule has 1 aromatic rings. The predicted molar refractivity (Wildman–Crippen MR) is 82.9 cm³/mol. The topological polar surface area (TPSA) is 80.3 Å². The number of ether oxygens (including phenoxy) is 1. The van der Waals surface area contributed by atoms with Crippen molar-refractivity contribution >= 4 is 28.3 Å². The number of hydrogen-bond donors (Lipinski definition) is 2. The molecule has 2 N–H and O–H groups in total. The van der Waals surface area contributed by atoms with Crippen LogP contribution in [0.25, 0.3) is 0 Å². The first-order valence-electron chi connectivity index (χ1n) is 6.76. The Morgan fingerprint density at radius 2 is 2.13 bits per heavy atom. The molecule has 1 aromatic heterocycles. The Bertz CT molecular complexity index is 629. The van der Waals surface area contributed by atoms with Crippen molar-refractivity contribution in [1.82, 2.24) is 10.3 Å². The van der Waals surface area contributed by atoms with Crippen LogP contribution in [-0.2, 0) is 11.2 Å². The number of rotatable bonds is 6. The number of nitrogens with zero attached hydrogens (tertiary/aromatic N) is 1. The van der Waals surface area contributed by atoms with Crippen LogP contribution in [-0.4, -0.2) is 36.1 Å². The molecule has 0 atom stereocenters. The maximum atomic E-state index is 13.1. The van der Waals surface area contributed by atoms with Gasteiger partial charge in [-0.05, 0) is 20.8 Å². The molecule has 0 saturated carbocycles. The van der Waals surface area contributed by atoms with Gasteiger partial charge in [-0.25, -0.2) is 23.4 Å². The second-order valence-electron chi connectivity index (χ2n) is 4.49. The number of thiazole rings is 1. The van der Waals surface area contributed by atoms with Crippen molar-refractivity contribution in [1.29, 1.82) is 0 Å². The number of halogens is 2. The normalized spacial score (nSPS) is 10.5. The van der Waals surface area contributed by atoms with Crippen LogP contribution in [0.15, 0.2) is 0 Å². The first-order valence-corrected chi connectivity index (χ1v) is 7.57.